The molecule has 0 saturated carbocycles. The van der Waals surface area contributed by atoms with E-state index < -0.39 is 23.7 Å². The topological polar surface area (TPSA) is 75.6 Å². The van der Waals surface area contributed by atoms with E-state index in [1.807, 2.05) is 20.8 Å². The molecule has 1 amide bonds. The van der Waals surface area contributed by atoms with E-state index in [2.05, 4.69) is 5.32 Å². The van der Waals surface area contributed by atoms with Crippen molar-refractivity contribution in [2.45, 2.75) is 52.4 Å². The maximum Gasteiger partial charge on any atom is 0.328 e. The molecule has 0 aliphatic rings. The van der Waals surface area contributed by atoms with Crippen molar-refractivity contribution in [2.24, 2.45) is 0 Å². The van der Waals surface area contributed by atoms with E-state index in [1.165, 1.54) is 6.92 Å². The number of nitrogens with one attached hydrogen (secondary N) is 1. The van der Waals surface area contributed by atoms with Crippen molar-refractivity contribution >= 4 is 11.9 Å². The van der Waals surface area contributed by atoms with Gasteiger partial charge in [0.25, 0.3) is 0 Å². The van der Waals surface area contributed by atoms with Crippen LogP contribution < -0.4 is 5.32 Å². The Morgan fingerprint density at radius 1 is 1.33 bits per heavy atom. The van der Waals surface area contributed by atoms with Gasteiger partial charge in [-0.25, -0.2) is 4.79 Å². The van der Waals surface area contributed by atoms with Crippen molar-refractivity contribution in [3.05, 3.63) is 0 Å². The second kappa shape index (κ2) is 5.11. The highest BCUT2D eigenvalue weighted by atomic mass is 16.5. The van der Waals surface area contributed by atoms with Crippen LogP contribution in [0.1, 0.15) is 34.6 Å². The molecule has 0 aromatic carbocycles. The minimum atomic E-state index is -1.10. The molecule has 2 atom stereocenters. The maximum absolute atomic E-state index is 10.9. The summed E-state index contributed by atoms with van der Waals surface area (Å²) in [5.74, 6) is -1.48. The molecule has 0 radical (unpaired) electrons. The van der Waals surface area contributed by atoms with Gasteiger partial charge in [0.1, 0.15) is 0 Å². The van der Waals surface area contributed by atoms with Crippen LogP contribution in [0.25, 0.3) is 0 Å². The number of aliphatic carboxylic acids is 1. The summed E-state index contributed by atoms with van der Waals surface area (Å²) in [4.78, 5) is 21.7. The first-order chi connectivity index (χ1) is 6.63. The fourth-order valence-corrected chi connectivity index (χ4v) is 1.22. The Morgan fingerprint density at radius 2 is 1.80 bits per heavy atom. The van der Waals surface area contributed by atoms with Gasteiger partial charge in [0.15, 0.2) is 6.04 Å². The van der Waals surface area contributed by atoms with Gasteiger partial charge in [-0.2, -0.15) is 0 Å². The average molecular weight is 217 g/mol. The molecule has 1 unspecified atom stereocenters. The summed E-state index contributed by atoms with van der Waals surface area (Å²) in [7, 11) is 0. The summed E-state index contributed by atoms with van der Waals surface area (Å²) in [6, 6.07) is -1.01. The average Bonchev–Trinajstić information content (AvgIpc) is 1.95. The highest BCUT2D eigenvalue weighted by Gasteiger charge is 2.29. The lowest BCUT2D eigenvalue weighted by Crippen LogP contribution is -2.49. The first-order valence-corrected chi connectivity index (χ1v) is 4.81. The van der Waals surface area contributed by atoms with E-state index in [-0.39, 0.29) is 5.91 Å². The summed E-state index contributed by atoms with van der Waals surface area (Å²) < 4.78 is 5.47. The molecule has 88 valence electrons. The number of carboxylic acid groups (broad SMARTS) is 1. The molecule has 0 aliphatic heterocycles. The number of amides is 1. The van der Waals surface area contributed by atoms with Gasteiger partial charge in [-0.3, -0.25) is 4.79 Å². The monoisotopic (exact) mass is 217 g/mol. The van der Waals surface area contributed by atoms with Crippen LogP contribution in [0.5, 0.6) is 0 Å². The van der Waals surface area contributed by atoms with Crippen LogP contribution >= 0.6 is 0 Å². The minimum absolute atomic E-state index is 0.383. The standard InChI is InChI=1S/C10H19NO4/c1-6(15-10(3,4)5)8(9(13)14)11-7(2)12/h6,8H,1-5H3,(H,11,12)(H,13,14)/t6?,8-/m0/s1. The minimum Gasteiger partial charge on any atom is -0.480 e. The molecule has 0 aliphatic carbocycles. The van der Waals surface area contributed by atoms with Gasteiger partial charge in [-0.05, 0) is 27.7 Å². The molecule has 5 nitrogen and oxygen atoms in total. The molecular formula is C10H19NO4. The summed E-state index contributed by atoms with van der Waals surface area (Å²) in [5.41, 5.74) is -0.439. The summed E-state index contributed by atoms with van der Waals surface area (Å²) in [6.07, 6.45) is -0.577. The molecular weight excluding hydrogens is 198 g/mol. The van der Waals surface area contributed by atoms with Gasteiger partial charge in [0.2, 0.25) is 5.91 Å². The number of hydrogen-bond donors (Lipinski definition) is 2. The van der Waals surface area contributed by atoms with Gasteiger partial charge in [0, 0.05) is 6.92 Å². The summed E-state index contributed by atoms with van der Waals surface area (Å²) in [6.45, 7) is 8.39. The first-order valence-electron chi connectivity index (χ1n) is 4.81. The lowest BCUT2D eigenvalue weighted by atomic mass is 10.1. The van der Waals surface area contributed by atoms with Gasteiger partial charge in [-0.15, -0.1) is 0 Å². The molecule has 0 aromatic rings. The highest BCUT2D eigenvalue weighted by molar-refractivity contribution is 5.82. The SMILES string of the molecule is CC(=O)N[C@H](C(=O)O)C(C)OC(C)(C)C. The van der Waals surface area contributed by atoms with E-state index in [9.17, 15) is 9.59 Å². The second-order valence-electron chi connectivity index (χ2n) is 4.45. The van der Waals surface area contributed by atoms with Crippen molar-refractivity contribution in [1.29, 1.82) is 0 Å². The van der Waals surface area contributed by atoms with Crippen molar-refractivity contribution in [1.82, 2.24) is 5.32 Å². The van der Waals surface area contributed by atoms with Crippen molar-refractivity contribution in [2.75, 3.05) is 0 Å². The van der Waals surface area contributed by atoms with Crippen molar-refractivity contribution < 1.29 is 19.4 Å². The first kappa shape index (κ1) is 13.9. The molecule has 0 saturated heterocycles. The number of rotatable bonds is 4. The van der Waals surface area contributed by atoms with E-state index in [1.54, 1.807) is 6.92 Å². The Balaban J connectivity index is 4.49. The third-order valence-electron chi connectivity index (χ3n) is 1.63. The number of hydrogen-bond acceptors (Lipinski definition) is 3. The Kier molecular flexibility index (Phi) is 4.74. The predicted molar refractivity (Wildman–Crippen MR) is 55.5 cm³/mol. The molecule has 0 heterocycles. The Labute approximate surface area is 89.8 Å². The van der Waals surface area contributed by atoms with Gasteiger partial charge in [-0.1, -0.05) is 0 Å². The summed E-state index contributed by atoms with van der Waals surface area (Å²) >= 11 is 0. The number of carboxylic acids is 1. The van der Waals surface area contributed by atoms with Gasteiger partial charge >= 0.3 is 5.97 Å². The quantitative estimate of drug-likeness (QED) is 0.729. The molecule has 0 aromatic heterocycles. The normalized spacial score (nSPS) is 15.5. The Bertz CT molecular complexity index is 244. The molecule has 0 spiro atoms. The third-order valence-corrected chi connectivity index (χ3v) is 1.63. The van der Waals surface area contributed by atoms with Crippen LogP contribution in [0.2, 0.25) is 0 Å². The predicted octanol–water partition coefficient (Wildman–Crippen LogP) is 0.779. The van der Waals surface area contributed by atoms with E-state index >= 15 is 0 Å². The van der Waals surface area contributed by atoms with E-state index in [0.717, 1.165) is 0 Å². The van der Waals surface area contributed by atoms with E-state index in [4.69, 9.17) is 9.84 Å². The zero-order valence-corrected chi connectivity index (χ0v) is 9.83. The molecule has 0 bridgehead atoms. The molecule has 0 rings (SSSR count). The molecule has 5 heteroatoms. The number of carbonyl (C=O) groups is 2. The molecule has 0 fully saturated rings. The van der Waals surface area contributed by atoms with Crippen molar-refractivity contribution in [3.8, 4) is 0 Å². The Hall–Kier alpha value is -1.10. The Morgan fingerprint density at radius 3 is 2.07 bits per heavy atom. The van der Waals surface area contributed by atoms with Crippen LogP contribution in [0.15, 0.2) is 0 Å². The third kappa shape index (κ3) is 6.06. The fourth-order valence-electron chi connectivity index (χ4n) is 1.22. The lowest BCUT2D eigenvalue weighted by molar-refractivity contribution is -0.149. The lowest BCUT2D eigenvalue weighted by Gasteiger charge is -2.29. The second-order valence-corrected chi connectivity index (χ2v) is 4.45. The maximum atomic E-state index is 10.9. The van der Waals surface area contributed by atoms with Crippen LogP contribution in [-0.4, -0.2) is 34.7 Å². The van der Waals surface area contributed by atoms with Gasteiger partial charge < -0.3 is 15.2 Å². The van der Waals surface area contributed by atoms with Crippen LogP contribution in [-0.2, 0) is 14.3 Å². The smallest absolute Gasteiger partial charge is 0.328 e. The fraction of sp³-hybridized carbons (Fsp3) is 0.800. The number of ether oxygens (including phenoxy) is 1. The number of carbonyl (C=O) groups excluding carboxylic acids is 1. The van der Waals surface area contributed by atoms with Crippen LogP contribution in [0.4, 0.5) is 0 Å². The zero-order valence-electron chi connectivity index (χ0n) is 9.83. The zero-order chi connectivity index (χ0) is 12.2. The molecule has 15 heavy (non-hydrogen) atoms. The van der Waals surface area contributed by atoms with Crippen molar-refractivity contribution in [3.63, 3.8) is 0 Å². The van der Waals surface area contributed by atoms with Gasteiger partial charge in [0.05, 0.1) is 11.7 Å². The van der Waals surface area contributed by atoms with Crippen LogP contribution in [0, 0.1) is 0 Å². The molecule has 2 N–H and O–H groups in total. The summed E-state index contributed by atoms with van der Waals surface area (Å²) in [5, 5.41) is 11.2. The highest BCUT2D eigenvalue weighted by Crippen LogP contribution is 2.13. The van der Waals surface area contributed by atoms with E-state index in [0.29, 0.717) is 0 Å². The largest absolute Gasteiger partial charge is 0.480 e. The van der Waals surface area contributed by atoms with Crippen LogP contribution in [0.3, 0.4) is 0 Å².